The third-order valence-corrected chi connectivity index (χ3v) is 9.19. The zero-order chi connectivity index (χ0) is 32.7. The molecule has 244 valence electrons. The van der Waals surface area contributed by atoms with Crippen LogP contribution in [0.25, 0.3) is 0 Å². The zero-order valence-corrected chi connectivity index (χ0v) is 26.5. The summed E-state index contributed by atoms with van der Waals surface area (Å²) in [5.74, 6) is -5.09. The van der Waals surface area contributed by atoms with Crippen molar-refractivity contribution < 1.29 is 37.3 Å². The van der Waals surface area contributed by atoms with Gasteiger partial charge >= 0.3 is 11.9 Å². The highest BCUT2D eigenvalue weighted by atomic mass is 32.1. The molecule has 45 heavy (non-hydrogen) atoms. The highest BCUT2D eigenvalue weighted by molar-refractivity contribution is 7.11. The number of aliphatic carboxylic acids is 1. The topological polar surface area (TPSA) is 120 Å². The number of fused-ring (bicyclic) bond motifs is 1. The van der Waals surface area contributed by atoms with Crippen molar-refractivity contribution in [1.82, 2.24) is 25.2 Å². The number of ether oxygens (including phenoxy) is 2. The third kappa shape index (κ3) is 6.49. The molecule has 0 aliphatic carbocycles. The fourth-order valence-electron chi connectivity index (χ4n) is 6.09. The van der Waals surface area contributed by atoms with Crippen molar-refractivity contribution in [1.29, 1.82) is 0 Å². The zero-order valence-electron chi connectivity index (χ0n) is 25.7. The fourth-order valence-corrected chi connectivity index (χ4v) is 6.68. The first-order chi connectivity index (χ1) is 21.2. The summed E-state index contributed by atoms with van der Waals surface area (Å²) in [6, 6.07) is 1.74. The van der Waals surface area contributed by atoms with Crippen LogP contribution >= 0.6 is 11.3 Å². The summed E-state index contributed by atoms with van der Waals surface area (Å²) in [6.07, 6.45) is 1.60. The largest absolute Gasteiger partial charge is 0.479 e. The average molecular weight is 651 g/mol. The normalized spacial score (nSPS) is 24.0. The number of nitrogens with one attached hydrogen (secondary N) is 1. The Morgan fingerprint density at radius 2 is 2.04 bits per heavy atom. The molecule has 0 amide bonds. The van der Waals surface area contributed by atoms with Crippen molar-refractivity contribution >= 4 is 29.1 Å². The van der Waals surface area contributed by atoms with Gasteiger partial charge in [0.1, 0.15) is 17.9 Å². The van der Waals surface area contributed by atoms with Crippen LogP contribution in [0.3, 0.4) is 0 Å². The Labute approximate surface area is 263 Å². The number of hydrogen-bond acceptors (Lipinski definition) is 11. The lowest BCUT2D eigenvalue weighted by atomic mass is 9.92. The Morgan fingerprint density at radius 3 is 2.71 bits per heavy atom. The van der Waals surface area contributed by atoms with Crippen LogP contribution < -0.4 is 5.32 Å². The smallest absolute Gasteiger partial charge is 0.338 e. The number of carbonyl (C=O) groups is 2. The molecule has 5 rings (SSSR count). The number of likely N-dealkylation sites (N-methyl/N-ethyl adjacent to an activating group) is 1. The van der Waals surface area contributed by atoms with Gasteiger partial charge in [-0.3, -0.25) is 9.89 Å². The van der Waals surface area contributed by atoms with Crippen molar-refractivity contribution in [3.63, 3.8) is 0 Å². The summed E-state index contributed by atoms with van der Waals surface area (Å²) in [6.45, 7) is 5.77. The molecule has 2 fully saturated rings. The van der Waals surface area contributed by atoms with Gasteiger partial charge < -0.3 is 19.9 Å². The first-order valence-electron chi connectivity index (χ1n) is 14.6. The van der Waals surface area contributed by atoms with Crippen molar-refractivity contribution in [3.05, 3.63) is 63.0 Å². The van der Waals surface area contributed by atoms with Gasteiger partial charge in [0.2, 0.25) is 0 Å². The van der Waals surface area contributed by atoms with E-state index in [1.165, 1.54) is 42.3 Å². The lowest BCUT2D eigenvalue weighted by Crippen LogP contribution is -2.50. The van der Waals surface area contributed by atoms with E-state index >= 15 is 8.78 Å². The molecule has 11 nitrogen and oxygen atoms in total. The van der Waals surface area contributed by atoms with E-state index in [1.807, 2.05) is 0 Å². The maximum Gasteiger partial charge on any atom is 0.338 e. The molecule has 15 heteroatoms. The van der Waals surface area contributed by atoms with Crippen LogP contribution in [0.5, 0.6) is 0 Å². The molecular weight excluding hydrogens is 613 g/mol. The first-order valence-corrected chi connectivity index (χ1v) is 15.5. The van der Waals surface area contributed by atoms with Gasteiger partial charge in [-0.25, -0.2) is 37.8 Å². The van der Waals surface area contributed by atoms with Crippen LogP contribution in [0.2, 0.25) is 0 Å². The average Bonchev–Trinajstić information content (AvgIpc) is 3.67. The molecule has 2 saturated heterocycles. The number of nitrogens with zero attached hydrogens (tertiary/aromatic N) is 5. The van der Waals surface area contributed by atoms with Gasteiger partial charge in [-0.05, 0) is 44.9 Å². The predicted molar refractivity (Wildman–Crippen MR) is 160 cm³/mol. The van der Waals surface area contributed by atoms with E-state index < -0.39 is 53.9 Å². The van der Waals surface area contributed by atoms with Crippen molar-refractivity contribution in [2.75, 3.05) is 46.4 Å². The Bertz CT molecular complexity index is 1500. The molecular formula is C30H37F3N6O5S. The van der Waals surface area contributed by atoms with E-state index in [9.17, 15) is 19.1 Å². The number of alkyl halides is 2. The number of hydrogen-bond donors (Lipinski definition) is 2. The van der Waals surface area contributed by atoms with Gasteiger partial charge in [0, 0.05) is 50.0 Å². The molecule has 0 unspecified atom stereocenters. The van der Waals surface area contributed by atoms with Crippen LogP contribution in [0.1, 0.15) is 42.9 Å². The number of aliphatic imine (C=N–C) groups is 1. The molecule has 0 bridgehead atoms. The Morgan fingerprint density at radius 1 is 1.29 bits per heavy atom. The molecule has 0 saturated carbocycles. The number of halogens is 3. The lowest BCUT2D eigenvalue weighted by molar-refractivity contribution is -0.164. The number of thiazole rings is 1. The first kappa shape index (κ1) is 33.0. The number of aromatic nitrogens is 1. The summed E-state index contributed by atoms with van der Waals surface area (Å²) in [5.41, 5.74) is -0.261. The maximum absolute atomic E-state index is 15.8. The molecule has 0 spiro atoms. The van der Waals surface area contributed by atoms with Gasteiger partial charge in [0.15, 0.2) is 16.4 Å². The molecule has 1 aromatic carbocycles. The minimum atomic E-state index is -3.14. The molecule has 0 radical (unpaired) electrons. The summed E-state index contributed by atoms with van der Waals surface area (Å²) in [4.78, 5) is 35.7. The van der Waals surface area contributed by atoms with Gasteiger partial charge in [-0.2, -0.15) is 0 Å². The number of rotatable bonds is 11. The van der Waals surface area contributed by atoms with E-state index in [0.29, 0.717) is 27.7 Å². The number of amidine groups is 1. The van der Waals surface area contributed by atoms with Crippen LogP contribution in [0.15, 0.2) is 46.0 Å². The number of benzene rings is 1. The third-order valence-electron chi connectivity index (χ3n) is 8.41. The monoisotopic (exact) mass is 650 g/mol. The SMILES string of the molecule is CCOC(=O)C1=C(CN2CC(F)(F)[C@@H]3[C@H]2CN(C)N3CCOC(C)(C)C(=O)O)NC(c2nccs2)=N[C@H]1c1cccc(F)c1C. The molecule has 3 aliphatic heterocycles. The standard InChI is InChI=1S/C30H37F3N6O5S/c1-6-43-27(40)22-20(35-25(26-34-10-13-45-26)36-23(22)18-8-7-9-19(31)17(18)2)14-38-16-30(32,33)24-21(38)15-37(5)39(24)11-12-44-29(3,4)28(41)42/h7-10,13,21,23-24H,6,11-12,14-16H2,1-5H3,(H,35,36)(H,41,42)/t21-,23+,24+/m1/s1. The van der Waals surface area contributed by atoms with E-state index in [2.05, 4.69) is 10.3 Å². The number of likely N-dealkylation sites (tertiary alicyclic amines) is 1. The lowest BCUT2D eigenvalue weighted by Gasteiger charge is -2.32. The quantitative estimate of drug-likeness (QED) is 0.351. The summed E-state index contributed by atoms with van der Waals surface area (Å²) in [7, 11) is 1.70. The molecule has 3 aliphatic rings. The molecule has 2 N–H and O–H groups in total. The van der Waals surface area contributed by atoms with Crippen LogP contribution in [0, 0.1) is 12.7 Å². The van der Waals surface area contributed by atoms with E-state index in [4.69, 9.17) is 14.5 Å². The van der Waals surface area contributed by atoms with Gasteiger partial charge in [0.25, 0.3) is 5.92 Å². The molecule has 4 heterocycles. The van der Waals surface area contributed by atoms with Gasteiger partial charge in [-0.15, -0.1) is 11.3 Å². The Kier molecular flexibility index (Phi) is 9.38. The van der Waals surface area contributed by atoms with E-state index in [0.717, 1.165) is 0 Å². The Hall–Kier alpha value is -3.37. The summed E-state index contributed by atoms with van der Waals surface area (Å²) < 4.78 is 57.3. The van der Waals surface area contributed by atoms with Crippen molar-refractivity contribution in [2.45, 2.75) is 57.3 Å². The van der Waals surface area contributed by atoms with Crippen molar-refractivity contribution in [3.8, 4) is 0 Å². The van der Waals surface area contributed by atoms with Gasteiger partial charge in [-0.1, -0.05) is 12.1 Å². The summed E-state index contributed by atoms with van der Waals surface area (Å²) >= 11 is 1.31. The van der Waals surface area contributed by atoms with E-state index in [1.54, 1.807) is 48.4 Å². The predicted octanol–water partition coefficient (Wildman–Crippen LogP) is 3.23. The fraction of sp³-hybridized carbons (Fsp3) is 0.533. The molecule has 3 atom stereocenters. The van der Waals surface area contributed by atoms with Crippen LogP contribution in [-0.2, 0) is 19.1 Å². The minimum absolute atomic E-state index is 0.0641. The highest BCUT2D eigenvalue weighted by Gasteiger charge is 2.61. The highest BCUT2D eigenvalue weighted by Crippen LogP contribution is 2.42. The second kappa shape index (κ2) is 12.8. The van der Waals surface area contributed by atoms with Crippen molar-refractivity contribution in [2.24, 2.45) is 4.99 Å². The number of carbonyl (C=O) groups excluding carboxylic acids is 1. The summed E-state index contributed by atoms with van der Waals surface area (Å²) in [5, 5.41) is 18.1. The second-order valence-corrected chi connectivity index (χ2v) is 12.6. The maximum atomic E-state index is 15.8. The number of carboxylic acids is 1. The van der Waals surface area contributed by atoms with Crippen LogP contribution in [0.4, 0.5) is 13.2 Å². The number of carboxylic acid groups (broad SMARTS) is 1. The van der Waals surface area contributed by atoms with Gasteiger partial charge in [0.05, 0.1) is 25.3 Å². The Balaban J connectivity index is 1.49. The molecule has 1 aromatic heterocycles. The van der Waals surface area contributed by atoms with Crippen LogP contribution in [-0.4, -0.2) is 113 Å². The minimum Gasteiger partial charge on any atom is -0.479 e. The number of hydrazine groups is 1. The second-order valence-electron chi connectivity index (χ2n) is 11.8. The number of esters is 1. The van der Waals surface area contributed by atoms with E-state index in [-0.39, 0.29) is 38.4 Å². The molecule has 2 aromatic rings.